The lowest BCUT2D eigenvalue weighted by Crippen LogP contribution is -2.30. The molecule has 0 aliphatic heterocycles. The van der Waals surface area contributed by atoms with Crippen LogP contribution in [0.3, 0.4) is 0 Å². The van der Waals surface area contributed by atoms with E-state index in [2.05, 4.69) is 5.32 Å². The van der Waals surface area contributed by atoms with Crippen LogP contribution in [0.25, 0.3) is 11.1 Å². The normalized spacial score (nSPS) is 13.4. The molecular weight excluding hydrogens is 293 g/mol. The zero-order chi connectivity index (χ0) is 16.9. The second kappa shape index (κ2) is 7.38. The number of rotatable bonds is 6. The van der Waals surface area contributed by atoms with E-state index in [4.69, 9.17) is 0 Å². The maximum Gasteiger partial charge on any atom is 0.219 e. The van der Waals surface area contributed by atoms with Gasteiger partial charge in [-0.05, 0) is 42.2 Å². The van der Waals surface area contributed by atoms with Gasteiger partial charge in [0.1, 0.15) is 5.82 Å². The van der Waals surface area contributed by atoms with E-state index in [9.17, 15) is 14.3 Å². The molecule has 23 heavy (non-hydrogen) atoms. The molecule has 2 rings (SSSR count). The maximum absolute atomic E-state index is 13.0. The average molecular weight is 315 g/mol. The van der Waals surface area contributed by atoms with Crippen molar-refractivity contribution in [2.75, 3.05) is 6.54 Å². The monoisotopic (exact) mass is 315 g/mol. The van der Waals surface area contributed by atoms with Gasteiger partial charge in [0.05, 0.1) is 5.60 Å². The van der Waals surface area contributed by atoms with Gasteiger partial charge in [-0.15, -0.1) is 0 Å². The van der Waals surface area contributed by atoms with Crippen LogP contribution in [0.5, 0.6) is 0 Å². The smallest absolute Gasteiger partial charge is 0.219 e. The van der Waals surface area contributed by atoms with Crippen molar-refractivity contribution in [3.05, 3.63) is 59.9 Å². The Balaban J connectivity index is 2.05. The molecule has 0 fully saturated rings. The lowest BCUT2D eigenvalue weighted by molar-refractivity contribution is -0.120. The molecule has 0 heterocycles. The molecule has 1 amide bonds. The second-order valence-electron chi connectivity index (χ2n) is 5.81. The largest absolute Gasteiger partial charge is 0.385 e. The predicted molar refractivity (Wildman–Crippen MR) is 89.3 cm³/mol. The molecule has 2 aromatic rings. The van der Waals surface area contributed by atoms with Crippen molar-refractivity contribution in [3.8, 4) is 11.1 Å². The molecule has 0 aliphatic carbocycles. The van der Waals surface area contributed by atoms with Crippen LogP contribution in [0.4, 0.5) is 4.39 Å². The van der Waals surface area contributed by atoms with E-state index in [-0.39, 0.29) is 11.7 Å². The number of aliphatic hydroxyl groups is 1. The molecule has 122 valence electrons. The number of amides is 1. The molecule has 4 heteroatoms. The maximum atomic E-state index is 13.0. The summed E-state index contributed by atoms with van der Waals surface area (Å²) in [7, 11) is 0. The van der Waals surface area contributed by atoms with E-state index < -0.39 is 5.60 Å². The topological polar surface area (TPSA) is 49.3 Å². The van der Waals surface area contributed by atoms with Gasteiger partial charge in [0.15, 0.2) is 0 Å². The van der Waals surface area contributed by atoms with Crippen LogP contribution < -0.4 is 5.32 Å². The Labute approximate surface area is 136 Å². The van der Waals surface area contributed by atoms with E-state index >= 15 is 0 Å². The van der Waals surface area contributed by atoms with Crippen LogP contribution in [0.1, 0.15) is 32.3 Å². The summed E-state index contributed by atoms with van der Waals surface area (Å²) < 4.78 is 13.0. The summed E-state index contributed by atoms with van der Waals surface area (Å²) in [6.45, 7) is 3.96. The van der Waals surface area contributed by atoms with Gasteiger partial charge in [0.25, 0.3) is 0 Å². The van der Waals surface area contributed by atoms with Crippen LogP contribution in [0, 0.1) is 5.82 Å². The predicted octanol–water partition coefficient (Wildman–Crippen LogP) is 3.62. The fourth-order valence-electron chi connectivity index (χ4n) is 2.38. The third-order valence-corrected chi connectivity index (χ3v) is 3.94. The van der Waals surface area contributed by atoms with Crippen LogP contribution in [-0.2, 0) is 10.4 Å². The Morgan fingerprint density at radius 3 is 2.13 bits per heavy atom. The molecule has 2 aromatic carbocycles. The molecule has 1 atom stereocenters. The lowest BCUT2D eigenvalue weighted by atomic mass is 9.91. The highest BCUT2D eigenvalue weighted by Gasteiger charge is 2.22. The Bertz CT molecular complexity index is 648. The second-order valence-corrected chi connectivity index (χ2v) is 5.81. The summed E-state index contributed by atoms with van der Waals surface area (Å²) in [6.07, 6.45) is 0.878. The fourth-order valence-corrected chi connectivity index (χ4v) is 2.38. The highest BCUT2D eigenvalue weighted by molar-refractivity contribution is 5.75. The van der Waals surface area contributed by atoms with Gasteiger partial charge in [0.2, 0.25) is 5.91 Å². The first kappa shape index (κ1) is 17.2. The Morgan fingerprint density at radius 2 is 1.61 bits per heavy atom. The summed E-state index contributed by atoms with van der Waals surface area (Å²) >= 11 is 0. The number of carbonyl (C=O) groups excluding carboxylic acids is 1. The Kier molecular flexibility index (Phi) is 5.50. The van der Waals surface area contributed by atoms with Gasteiger partial charge < -0.3 is 10.4 Å². The molecule has 1 unspecified atom stereocenters. The minimum absolute atomic E-state index is 0.0209. The number of hydrogen-bond donors (Lipinski definition) is 2. The number of carbonyl (C=O) groups is 1. The van der Waals surface area contributed by atoms with E-state index in [0.29, 0.717) is 19.4 Å². The summed E-state index contributed by atoms with van der Waals surface area (Å²) in [6, 6.07) is 13.8. The molecule has 0 bridgehead atoms. The third kappa shape index (κ3) is 4.63. The van der Waals surface area contributed by atoms with Crippen molar-refractivity contribution in [1.82, 2.24) is 5.32 Å². The Morgan fingerprint density at radius 1 is 1.09 bits per heavy atom. The molecule has 0 spiro atoms. The van der Waals surface area contributed by atoms with Crippen molar-refractivity contribution >= 4 is 5.91 Å². The van der Waals surface area contributed by atoms with Gasteiger partial charge in [-0.1, -0.05) is 43.3 Å². The zero-order valence-corrected chi connectivity index (χ0v) is 13.5. The van der Waals surface area contributed by atoms with Gasteiger partial charge in [-0.25, -0.2) is 4.39 Å². The molecule has 0 saturated heterocycles. The van der Waals surface area contributed by atoms with E-state index in [0.717, 1.165) is 16.7 Å². The number of hydrogen-bond acceptors (Lipinski definition) is 2. The number of nitrogens with one attached hydrogen (secondary N) is 1. The van der Waals surface area contributed by atoms with E-state index in [1.165, 1.54) is 12.1 Å². The van der Waals surface area contributed by atoms with Gasteiger partial charge in [-0.2, -0.15) is 0 Å². The van der Waals surface area contributed by atoms with Crippen molar-refractivity contribution in [1.29, 1.82) is 0 Å². The van der Waals surface area contributed by atoms with Crippen LogP contribution in [0.2, 0.25) is 0 Å². The minimum Gasteiger partial charge on any atom is -0.385 e. The highest BCUT2D eigenvalue weighted by Crippen LogP contribution is 2.27. The first-order valence-electron chi connectivity index (χ1n) is 7.78. The first-order valence-corrected chi connectivity index (χ1v) is 7.78. The zero-order valence-electron chi connectivity index (χ0n) is 13.5. The quantitative estimate of drug-likeness (QED) is 0.855. The van der Waals surface area contributed by atoms with Gasteiger partial charge in [-0.3, -0.25) is 4.79 Å². The standard InChI is InChI=1S/C19H22FNO2/c1-3-18(22)21-13-12-19(2,23)16-8-4-14(5-9-16)15-6-10-17(20)11-7-15/h4-11,23H,3,12-13H2,1-2H3,(H,21,22). The first-order chi connectivity index (χ1) is 10.9. The molecule has 0 radical (unpaired) electrons. The summed E-state index contributed by atoms with van der Waals surface area (Å²) in [5, 5.41) is 13.3. The van der Waals surface area contributed by atoms with Crippen molar-refractivity contribution in [3.63, 3.8) is 0 Å². The molecule has 0 aromatic heterocycles. The fraction of sp³-hybridized carbons (Fsp3) is 0.316. The molecule has 0 saturated carbocycles. The van der Waals surface area contributed by atoms with Crippen molar-refractivity contribution in [2.24, 2.45) is 0 Å². The average Bonchev–Trinajstić information content (AvgIpc) is 2.55. The lowest BCUT2D eigenvalue weighted by Gasteiger charge is -2.24. The van der Waals surface area contributed by atoms with E-state index in [1.54, 1.807) is 26.0 Å². The number of halogens is 1. The van der Waals surface area contributed by atoms with Gasteiger partial charge in [0, 0.05) is 13.0 Å². The molecule has 2 N–H and O–H groups in total. The van der Waals surface area contributed by atoms with Crippen LogP contribution in [0.15, 0.2) is 48.5 Å². The number of benzene rings is 2. The van der Waals surface area contributed by atoms with E-state index in [1.807, 2.05) is 24.3 Å². The highest BCUT2D eigenvalue weighted by atomic mass is 19.1. The summed E-state index contributed by atoms with van der Waals surface area (Å²) in [5.41, 5.74) is 1.66. The van der Waals surface area contributed by atoms with Crippen molar-refractivity contribution in [2.45, 2.75) is 32.3 Å². The molecule has 3 nitrogen and oxygen atoms in total. The Hall–Kier alpha value is -2.20. The summed E-state index contributed by atoms with van der Waals surface area (Å²) in [4.78, 5) is 11.2. The van der Waals surface area contributed by atoms with Crippen LogP contribution >= 0.6 is 0 Å². The minimum atomic E-state index is -1.01. The third-order valence-electron chi connectivity index (χ3n) is 3.94. The molecule has 0 aliphatic rings. The van der Waals surface area contributed by atoms with Crippen molar-refractivity contribution < 1.29 is 14.3 Å². The van der Waals surface area contributed by atoms with Crippen LogP contribution in [-0.4, -0.2) is 17.6 Å². The summed E-state index contributed by atoms with van der Waals surface area (Å²) in [5.74, 6) is -0.283. The molecular formula is C19H22FNO2. The SMILES string of the molecule is CCC(=O)NCCC(C)(O)c1ccc(-c2ccc(F)cc2)cc1. The van der Waals surface area contributed by atoms with Gasteiger partial charge >= 0.3 is 0 Å².